The SMILES string of the molecule is CC(C)[Si](C#Cc1cc(C#C[Si](C(C)C)(C(C)C)C(C)C)c2ccc3c(C#C[Si](C(C)C)(C(C)C)C(C)C)cc(C#C[Si](C(C)C)(C(C)C)C(C)C)c4ccc1c2c43)(C(C)C)C(C)C. The Hall–Kier alpha value is -2.97. The predicted octanol–water partition coefficient (Wildman–Crippen LogP) is 18.9. The molecule has 4 aromatic rings. The maximum Gasteiger partial charge on any atom is 0.146 e. The van der Waals surface area contributed by atoms with Crippen molar-refractivity contribution in [2.24, 2.45) is 0 Å². The minimum atomic E-state index is -2.04. The van der Waals surface area contributed by atoms with Gasteiger partial charge >= 0.3 is 0 Å². The second-order valence-electron chi connectivity index (χ2n) is 23.6. The summed E-state index contributed by atoms with van der Waals surface area (Å²) >= 11 is 0. The molecule has 4 aromatic carbocycles. The average molecular weight is 924 g/mol. The van der Waals surface area contributed by atoms with Crippen molar-refractivity contribution in [1.82, 2.24) is 0 Å². The summed E-state index contributed by atoms with van der Waals surface area (Å²) in [6.45, 7) is 58.1. The van der Waals surface area contributed by atoms with Crippen molar-refractivity contribution in [2.45, 2.75) is 233 Å². The van der Waals surface area contributed by atoms with E-state index in [0.717, 1.165) is 22.3 Å². The molecule has 0 radical (unpaired) electrons. The summed E-state index contributed by atoms with van der Waals surface area (Å²) in [7, 11) is -8.15. The fourth-order valence-corrected chi connectivity index (χ4v) is 34.7. The van der Waals surface area contributed by atoms with Crippen LogP contribution in [-0.2, 0) is 0 Å². The van der Waals surface area contributed by atoms with Gasteiger partial charge in [-0.3, -0.25) is 0 Å². The average Bonchev–Trinajstić information content (AvgIpc) is 3.17. The summed E-state index contributed by atoms with van der Waals surface area (Å²) in [5.74, 6) is 16.0. The summed E-state index contributed by atoms with van der Waals surface area (Å²) in [4.78, 5) is 0. The molecule has 0 unspecified atom stereocenters. The third-order valence-corrected chi connectivity index (χ3v) is 42.2. The molecular weight excluding hydrogens is 833 g/mol. The summed E-state index contributed by atoms with van der Waals surface area (Å²) in [6.07, 6.45) is 0. The minimum Gasteiger partial charge on any atom is -0.125 e. The van der Waals surface area contributed by atoms with Crippen LogP contribution in [0.3, 0.4) is 0 Å². The van der Waals surface area contributed by atoms with Crippen molar-refractivity contribution in [2.75, 3.05) is 0 Å². The molecule has 0 aliphatic carbocycles. The molecule has 0 fully saturated rings. The van der Waals surface area contributed by atoms with E-state index in [1.165, 1.54) is 32.3 Å². The fraction of sp³-hybridized carbons (Fsp3) is 0.600. The Balaban J connectivity index is 2.41. The smallest absolute Gasteiger partial charge is 0.125 e. The van der Waals surface area contributed by atoms with Crippen LogP contribution in [0.4, 0.5) is 0 Å². The van der Waals surface area contributed by atoms with Crippen LogP contribution < -0.4 is 0 Å². The van der Waals surface area contributed by atoms with E-state index in [-0.39, 0.29) is 0 Å². The van der Waals surface area contributed by atoms with E-state index in [2.05, 4.69) is 248 Å². The highest BCUT2D eigenvalue weighted by Crippen LogP contribution is 2.46. The lowest BCUT2D eigenvalue weighted by Crippen LogP contribution is -2.43. The molecule has 4 heteroatoms. The molecule has 0 heterocycles. The fourth-order valence-electron chi connectivity index (χ4n) is 13.8. The van der Waals surface area contributed by atoms with Crippen LogP contribution in [0.5, 0.6) is 0 Å². The molecule has 0 atom stereocenters. The third kappa shape index (κ3) is 9.19. The van der Waals surface area contributed by atoms with Crippen molar-refractivity contribution in [1.29, 1.82) is 0 Å². The van der Waals surface area contributed by atoms with Gasteiger partial charge in [0.2, 0.25) is 0 Å². The largest absolute Gasteiger partial charge is 0.146 e. The molecule has 346 valence electrons. The molecule has 0 saturated carbocycles. The standard InChI is InChI=1S/C60H90Si4/c1-39(2)61(40(3)4,41(5)6)33-29-51-37-52(30-34-62(42(7)8,43(9)10)44(11)12)56-27-28-58-54(32-36-64(48(19)20,49(21)22)50(23)24)38-53(57-26-25-55(51)59(56)60(57)58)31-35-63(45(13)14,46(15)16)47(17)18/h25-28,37-50H,1-24H3. The number of hydrogen-bond donors (Lipinski definition) is 0. The minimum absolute atomic E-state index is 0.549. The van der Waals surface area contributed by atoms with Gasteiger partial charge in [-0.2, -0.15) is 0 Å². The van der Waals surface area contributed by atoms with Gasteiger partial charge in [-0.05, 0) is 111 Å². The van der Waals surface area contributed by atoms with Crippen LogP contribution in [0.15, 0.2) is 36.4 Å². The van der Waals surface area contributed by atoms with Crippen LogP contribution >= 0.6 is 0 Å². The summed E-state index contributed by atoms with van der Waals surface area (Å²) in [6, 6.07) is 14.3. The van der Waals surface area contributed by atoms with Gasteiger partial charge in [-0.1, -0.05) is 214 Å². The highest BCUT2D eigenvalue weighted by molar-refractivity contribution is 6.92. The van der Waals surface area contributed by atoms with Crippen LogP contribution in [0.25, 0.3) is 32.3 Å². The van der Waals surface area contributed by atoms with Gasteiger partial charge in [0.25, 0.3) is 0 Å². The Kier molecular flexibility index (Phi) is 17.2. The molecule has 64 heavy (non-hydrogen) atoms. The molecule has 0 saturated heterocycles. The van der Waals surface area contributed by atoms with E-state index in [1.54, 1.807) is 0 Å². The molecule has 0 spiro atoms. The molecule has 4 rings (SSSR count). The number of hydrogen-bond acceptors (Lipinski definition) is 0. The highest BCUT2D eigenvalue weighted by atomic mass is 28.3. The van der Waals surface area contributed by atoms with Crippen molar-refractivity contribution in [3.05, 3.63) is 58.7 Å². The lowest BCUT2D eigenvalue weighted by atomic mass is 9.86. The van der Waals surface area contributed by atoms with E-state index in [4.69, 9.17) is 0 Å². The van der Waals surface area contributed by atoms with E-state index >= 15 is 0 Å². The normalized spacial score (nSPS) is 13.2. The van der Waals surface area contributed by atoms with Crippen molar-refractivity contribution >= 4 is 64.6 Å². The van der Waals surface area contributed by atoms with Crippen LogP contribution in [0.1, 0.15) is 188 Å². The monoisotopic (exact) mass is 923 g/mol. The molecule has 0 aliphatic rings. The Morgan fingerprint density at radius 2 is 0.391 bits per heavy atom. The van der Waals surface area contributed by atoms with Gasteiger partial charge in [-0.25, -0.2) is 0 Å². The van der Waals surface area contributed by atoms with Crippen molar-refractivity contribution in [3.8, 4) is 45.9 Å². The first-order valence-electron chi connectivity index (χ1n) is 25.5. The topological polar surface area (TPSA) is 0 Å². The zero-order chi connectivity index (χ0) is 48.6. The molecule has 0 aromatic heterocycles. The van der Waals surface area contributed by atoms with Gasteiger partial charge in [0.05, 0.1) is 0 Å². The maximum absolute atomic E-state index is 4.15. The zero-order valence-electron chi connectivity index (χ0n) is 45.4. The van der Waals surface area contributed by atoms with Crippen LogP contribution in [0.2, 0.25) is 66.5 Å². The predicted molar refractivity (Wildman–Crippen MR) is 302 cm³/mol. The Morgan fingerprint density at radius 3 is 0.516 bits per heavy atom. The molecule has 0 N–H and O–H groups in total. The second kappa shape index (κ2) is 20.5. The van der Waals surface area contributed by atoms with Gasteiger partial charge in [0.15, 0.2) is 0 Å². The highest BCUT2D eigenvalue weighted by Gasteiger charge is 2.45. The lowest BCUT2D eigenvalue weighted by Gasteiger charge is -2.38. The van der Waals surface area contributed by atoms with Crippen molar-refractivity contribution in [3.63, 3.8) is 0 Å². The first-order chi connectivity index (χ1) is 29.6. The quantitative estimate of drug-likeness (QED) is 0.0755. The third-order valence-electron chi connectivity index (χ3n) is 17.0. The summed E-state index contributed by atoms with van der Waals surface area (Å²) in [5.41, 5.74) is 27.7. The molecule has 0 aliphatic heterocycles. The second-order valence-corrected chi connectivity index (χ2v) is 45.9. The Morgan fingerprint density at radius 1 is 0.250 bits per heavy atom. The molecule has 0 bridgehead atoms. The Labute approximate surface area is 399 Å². The van der Waals surface area contributed by atoms with E-state index in [9.17, 15) is 0 Å². The summed E-state index contributed by atoms with van der Waals surface area (Å²) < 4.78 is 0. The van der Waals surface area contributed by atoms with E-state index in [1.807, 2.05) is 0 Å². The maximum atomic E-state index is 4.15. The van der Waals surface area contributed by atoms with Gasteiger partial charge in [0.1, 0.15) is 32.3 Å². The van der Waals surface area contributed by atoms with Crippen molar-refractivity contribution < 1.29 is 0 Å². The molecular formula is C60H90Si4. The van der Waals surface area contributed by atoms with E-state index in [0.29, 0.717) is 66.5 Å². The van der Waals surface area contributed by atoms with Gasteiger partial charge in [-0.15, -0.1) is 22.2 Å². The van der Waals surface area contributed by atoms with E-state index < -0.39 is 32.3 Å². The Bertz CT molecular complexity index is 2090. The zero-order valence-corrected chi connectivity index (χ0v) is 49.4. The first-order valence-corrected chi connectivity index (χ1v) is 34.5. The van der Waals surface area contributed by atoms with Gasteiger partial charge < -0.3 is 0 Å². The van der Waals surface area contributed by atoms with Crippen LogP contribution in [-0.4, -0.2) is 32.3 Å². The lowest BCUT2D eigenvalue weighted by molar-refractivity contribution is 0.838. The van der Waals surface area contributed by atoms with Crippen LogP contribution in [0, 0.1) is 45.9 Å². The number of benzene rings is 4. The van der Waals surface area contributed by atoms with Gasteiger partial charge in [0, 0.05) is 22.3 Å². The summed E-state index contributed by atoms with van der Waals surface area (Å²) in [5, 5.41) is 7.52. The first kappa shape index (κ1) is 53.6. The molecule has 0 nitrogen and oxygen atoms in total. The number of rotatable bonds is 12. The molecule has 0 amide bonds.